The summed E-state index contributed by atoms with van der Waals surface area (Å²) in [7, 11) is 1.37. The Bertz CT molecular complexity index is 478. The van der Waals surface area contributed by atoms with E-state index in [0.717, 1.165) is 41.6 Å². The number of aliphatic imine (C=N–C) groups is 2. The number of thioether (sulfide) groups is 2. The van der Waals surface area contributed by atoms with E-state index in [2.05, 4.69) is 30.7 Å². The number of carbonyl (C=O) groups excluding carboxylic acids is 1. The Labute approximate surface area is 156 Å². The van der Waals surface area contributed by atoms with Gasteiger partial charge < -0.3 is 20.7 Å². The van der Waals surface area contributed by atoms with E-state index in [0.29, 0.717) is 13.1 Å². The van der Waals surface area contributed by atoms with Gasteiger partial charge in [0.25, 0.3) is 0 Å². The maximum absolute atomic E-state index is 11.0. The number of amidine groups is 2. The lowest BCUT2D eigenvalue weighted by molar-refractivity contribution is 0.149. The van der Waals surface area contributed by atoms with Crippen molar-refractivity contribution in [3.8, 4) is 0 Å². The maximum Gasteiger partial charge on any atom is 0.415 e. The van der Waals surface area contributed by atoms with Crippen LogP contribution in [0.25, 0.3) is 0 Å². The Kier molecular flexibility index (Phi) is 10.6. The normalized spacial score (nSPS) is 18.0. The van der Waals surface area contributed by atoms with Gasteiger partial charge in [0, 0.05) is 19.6 Å². The third kappa shape index (κ3) is 7.58. The van der Waals surface area contributed by atoms with Crippen molar-refractivity contribution in [3.05, 3.63) is 0 Å². The molecule has 0 aromatic heterocycles. The van der Waals surface area contributed by atoms with Gasteiger partial charge in [-0.25, -0.2) is 4.79 Å². The van der Waals surface area contributed by atoms with E-state index in [1.165, 1.54) is 23.8 Å². The average molecular weight is 393 g/mol. The number of ether oxygens (including phenoxy) is 1. The van der Waals surface area contributed by atoms with Gasteiger partial charge in [-0.2, -0.15) is 0 Å². The summed E-state index contributed by atoms with van der Waals surface area (Å²) >= 11 is 7.83. The number of thiocarbonyl (C=S) groups is 1. The number of nitrogens with zero attached hydrogens (tertiary/aromatic N) is 3. The third-order valence-corrected chi connectivity index (χ3v) is 4.58. The highest BCUT2D eigenvalue weighted by Crippen LogP contribution is 2.11. The third-order valence-electron chi connectivity index (χ3n) is 2.91. The zero-order chi connectivity index (χ0) is 17.8. The van der Waals surface area contributed by atoms with Gasteiger partial charge in [0.15, 0.2) is 15.4 Å². The van der Waals surface area contributed by atoms with Crippen LogP contribution in [0.3, 0.4) is 0 Å². The Morgan fingerprint density at radius 3 is 2.21 bits per heavy atom. The standard InChI is InChI=1S/C6H10N2O2S.C4H8N2S.C3H6N2S/c1-10-6(9)8-4-3-7-5(8)11-2;1-7-4-5-2-3-6-4;6-3-4-1-2-5-3/h3-4H2,1-2H3;2-3H2,1H3,(H,5,6);1-2H2,(H2,4,5,6). The van der Waals surface area contributed by atoms with E-state index in [4.69, 9.17) is 12.2 Å². The molecule has 3 heterocycles. The van der Waals surface area contributed by atoms with Crippen molar-refractivity contribution in [3.63, 3.8) is 0 Å². The zero-order valence-electron chi connectivity index (χ0n) is 14.1. The number of amides is 1. The van der Waals surface area contributed by atoms with E-state index in [-0.39, 0.29) is 6.09 Å². The van der Waals surface area contributed by atoms with Gasteiger partial charge >= 0.3 is 6.09 Å². The summed E-state index contributed by atoms with van der Waals surface area (Å²) in [4.78, 5) is 20.8. The summed E-state index contributed by atoms with van der Waals surface area (Å²) in [6, 6.07) is 0. The number of rotatable bonds is 0. The van der Waals surface area contributed by atoms with Crippen molar-refractivity contribution >= 4 is 57.3 Å². The molecule has 0 radical (unpaired) electrons. The SMILES string of the molecule is COC(=O)N1CCN=C1SC.CSC1=NCCN1.S=C1NCCN1. The molecule has 0 spiro atoms. The van der Waals surface area contributed by atoms with Gasteiger partial charge in [0.2, 0.25) is 0 Å². The number of nitrogens with one attached hydrogen (secondary N) is 3. The largest absolute Gasteiger partial charge is 0.452 e. The topological polar surface area (TPSA) is 90.3 Å². The summed E-state index contributed by atoms with van der Waals surface area (Å²) in [5, 5.41) is 11.6. The molecule has 0 unspecified atom stereocenters. The second-order valence-electron chi connectivity index (χ2n) is 4.49. The summed E-state index contributed by atoms with van der Waals surface area (Å²) in [6.45, 7) is 5.28. The van der Waals surface area contributed by atoms with Crippen molar-refractivity contribution in [2.24, 2.45) is 9.98 Å². The van der Waals surface area contributed by atoms with Crippen molar-refractivity contribution in [2.45, 2.75) is 0 Å². The molecule has 0 atom stereocenters. The predicted molar refractivity (Wildman–Crippen MR) is 107 cm³/mol. The summed E-state index contributed by atoms with van der Waals surface area (Å²) in [5.74, 6) is 0. The van der Waals surface area contributed by atoms with E-state index in [1.54, 1.807) is 11.8 Å². The fourth-order valence-electron chi connectivity index (χ4n) is 1.81. The predicted octanol–water partition coefficient (Wildman–Crippen LogP) is 0.560. The Hall–Kier alpha value is -1.20. The molecule has 0 aromatic rings. The Morgan fingerprint density at radius 1 is 1.12 bits per heavy atom. The van der Waals surface area contributed by atoms with Crippen LogP contribution in [0.4, 0.5) is 4.79 Å². The summed E-state index contributed by atoms with van der Waals surface area (Å²) < 4.78 is 4.56. The van der Waals surface area contributed by atoms with Crippen LogP contribution in [0.5, 0.6) is 0 Å². The second kappa shape index (κ2) is 12.2. The highest BCUT2D eigenvalue weighted by molar-refractivity contribution is 8.13. The molecule has 3 rings (SSSR count). The van der Waals surface area contributed by atoms with Gasteiger partial charge in [0.05, 0.1) is 26.7 Å². The van der Waals surface area contributed by atoms with Crippen molar-refractivity contribution in [2.75, 3.05) is 58.9 Å². The van der Waals surface area contributed by atoms with E-state index in [9.17, 15) is 4.79 Å². The van der Waals surface area contributed by atoms with Crippen molar-refractivity contribution < 1.29 is 9.53 Å². The molecule has 3 aliphatic heterocycles. The molecule has 3 N–H and O–H groups in total. The Balaban J connectivity index is 0.000000191. The van der Waals surface area contributed by atoms with E-state index in [1.807, 2.05) is 12.5 Å². The van der Waals surface area contributed by atoms with Gasteiger partial charge in [0.1, 0.15) is 0 Å². The van der Waals surface area contributed by atoms with Crippen molar-refractivity contribution in [1.82, 2.24) is 20.9 Å². The molecule has 24 heavy (non-hydrogen) atoms. The van der Waals surface area contributed by atoms with Gasteiger partial charge in [-0.3, -0.25) is 14.9 Å². The first-order valence-electron chi connectivity index (χ1n) is 7.40. The maximum atomic E-state index is 11.0. The lowest BCUT2D eigenvalue weighted by atomic mass is 10.6. The average Bonchev–Trinajstić information content (AvgIpc) is 3.36. The second-order valence-corrected chi connectivity index (χ2v) is 6.47. The molecule has 1 fully saturated rings. The first-order chi connectivity index (χ1) is 11.6. The van der Waals surface area contributed by atoms with Gasteiger partial charge in [-0.15, -0.1) is 0 Å². The van der Waals surface area contributed by atoms with Crippen LogP contribution in [-0.4, -0.2) is 85.3 Å². The molecule has 8 nitrogen and oxygen atoms in total. The highest BCUT2D eigenvalue weighted by atomic mass is 32.2. The van der Waals surface area contributed by atoms with Crippen LogP contribution in [0.15, 0.2) is 9.98 Å². The smallest absolute Gasteiger partial charge is 0.415 e. The van der Waals surface area contributed by atoms with Crippen LogP contribution in [0.2, 0.25) is 0 Å². The molecule has 0 aliphatic carbocycles. The number of hydrogen-bond acceptors (Lipinski definition) is 8. The minimum atomic E-state index is -0.324. The van der Waals surface area contributed by atoms with Crippen LogP contribution >= 0.6 is 35.7 Å². The van der Waals surface area contributed by atoms with Crippen LogP contribution in [-0.2, 0) is 4.74 Å². The van der Waals surface area contributed by atoms with Crippen LogP contribution in [0, 0.1) is 0 Å². The minimum absolute atomic E-state index is 0.324. The summed E-state index contributed by atoms with van der Waals surface area (Å²) in [6.07, 6.45) is 3.59. The van der Waals surface area contributed by atoms with Gasteiger partial charge in [-0.1, -0.05) is 23.5 Å². The molecule has 1 amide bonds. The number of carbonyl (C=O) groups is 1. The first kappa shape index (κ1) is 20.8. The molecule has 0 bridgehead atoms. The molecule has 136 valence electrons. The van der Waals surface area contributed by atoms with Crippen molar-refractivity contribution in [1.29, 1.82) is 0 Å². The minimum Gasteiger partial charge on any atom is -0.452 e. The molecular formula is C13H24N6O2S3. The summed E-state index contributed by atoms with van der Waals surface area (Å²) in [5.41, 5.74) is 0. The van der Waals surface area contributed by atoms with Crippen LogP contribution < -0.4 is 16.0 Å². The Morgan fingerprint density at radius 2 is 1.83 bits per heavy atom. The molecule has 3 aliphatic rings. The zero-order valence-corrected chi connectivity index (χ0v) is 16.6. The molecule has 0 saturated carbocycles. The lowest BCUT2D eigenvalue weighted by Gasteiger charge is -2.13. The first-order valence-corrected chi connectivity index (χ1v) is 10.3. The highest BCUT2D eigenvalue weighted by Gasteiger charge is 2.22. The van der Waals surface area contributed by atoms with E-state index < -0.39 is 0 Å². The van der Waals surface area contributed by atoms with E-state index >= 15 is 0 Å². The quantitative estimate of drug-likeness (QED) is 0.515. The number of hydrogen-bond donors (Lipinski definition) is 3. The number of methoxy groups -OCH3 is 1. The fourth-order valence-corrected chi connectivity index (χ4v) is 3.09. The fraction of sp³-hybridized carbons (Fsp3) is 0.692. The molecular weight excluding hydrogens is 368 g/mol. The molecule has 11 heteroatoms. The van der Waals surface area contributed by atoms with Crippen LogP contribution in [0.1, 0.15) is 0 Å². The van der Waals surface area contributed by atoms with Gasteiger partial charge in [-0.05, 0) is 24.7 Å². The monoisotopic (exact) mass is 392 g/mol. The molecule has 0 aromatic carbocycles. The lowest BCUT2D eigenvalue weighted by Crippen LogP contribution is -2.32. The molecule has 1 saturated heterocycles.